The quantitative estimate of drug-likeness (QED) is 0.547. The molecule has 1 saturated heterocycles. The predicted octanol–water partition coefficient (Wildman–Crippen LogP) is 3.19. The summed E-state index contributed by atoms with van der Waals surface area (Å²) in [5.74, 6) is 1.22. The van der Waals surface area contributed by atoms with Crippen LogP contribution < -0.4 is 10.9 Å². The second kappa shape index (κ2) is 9.83. The Hall–Kier alpha value is -2.71. The van der Waals surface area contributed by atoms with E-state index in [1.807, 2.05) is 0 Å². The Bertz CT molecular complexity index is 1130. The SMILES string of the molecule is C[C@@H]1C[C@@H](C)CN(CCCNC(=O)Cn2cnc3onc(-c4ccc(Cl)cc4)c3c2=O)C1. The van der Waals surface area contributed by atoms with E-state index in [1.54, 1.807) is 24.3 Å². The lowest BCUT2D eigenvalue weighted by molar-refractivity contribution is -0.121. The molecule has 0 unspecified atom stereocenters. The molecule has 1 aliphatic heterocycles. The molecule has 8 nitrogen and oxygen atoms in total. The number of fused-ring (bicyclic) bond motifs is 1. The molecule has 0 spiro atoms. The molecule has 3 heterocycles. The number of amides is 1. The zero-order chi connectivity index (χ0) is 22.7. The summed E-state index contributed by atoms with van der Waals surface area (Å²) in [4.78, 5) is 32.0. The molecule has 0 saturated carbocycles. The molecule has 2 atom stereocenters. The molecule has 1 aliphatic rings. The number of aromatic nitrogens is 3. The minimum absolute atomic E-state index is 0.106. The van der Waals surface area contributed by atoms with Crippen molar-refractivity contribution in [3.05, 3.63) is 46.0 Å². The number of carbonyl (C=O) groups is 1. The molecule has 1 fully saturated rings. The van der Waals surface area contributed by atoms with Gasteiger partial charge in [0.05, 0.1) is 0 Å². The van der Waals surface area contributed by atoms with Gasteiger partial charge >= 0.3 is 0 Å². The Morgan fingerprint density at radius 2 is 1.94 bits per heavy atom. The van der Waals surface area contributed by atoms with Crippen LogP contribution in [0.15, 0.2) is 39.9 Å². The largest absolute Gasteiger partial charge is 0.354 e. The molecular weight excluding hydrogens is 430 g/mol. The van der Waals surface area contributed by atoms with E-state index in [-0.39, 0.29) is 29.1 Å². The first kappa shape index (κ1) is 22.5. The van der Waals surface area contributed by atoms with Crippen molar-refractivity contribution in [1.82, 2.24) is 24.9 Å². The van der Waals surface area contributed by atoms with Gasteiger partial charge in [0.2, 0.25) is 5.91 Å². The van der Waals surface area contributed by atoms with E-state index < -0.39 is 0 Å². The average molecular weight is 458 g/mol. The standard InChI is InChI=1S/C23H28ClN5O3/c1-15-10-16(2)12-28(11-15)9-3-8-25-19(30)13-29-14-26-22-20(23(29)31)21(27-32-22)17-4-6-18(24)7-5-17/h4-7,14-16H,3,8-13H2,1-2H3,(H,25,30)/t15-,16-/m1/s1. The molecule has 0 aliphatic carbocycles. The van der Waals surface area contributed by atoms with Crippen LogP contribution in [0.1, 0.15) is 26.7 Å². The lowest BCUT2D eigenvalue weighted by atomic mass is 9.92. The Morgan fingerprint density at radius 1 is 1.22 bits per heavy atom. The van der Waals surface area contributed by atoms with Crippen LogP contribution in [0.4, 0.5) is 0 Å². The van der Waals surface area contributed by atoms with E-state index >= 15 is 0 Å². The van der Waals surface area contributed by atoms with Crippen LogP contribution in [0.25, 0.3) is 22.4 Å². The lowest BCUT2D eigenvalue weighted by Crippen LogP contribution is -2.40. The van der Waals surface area contributed by atoms with E-state index in [9.17, 15) is 9.59 Å². The fourth-order valence-corrected chi connectivity index (χ4v) is 4.64. The maximum atomic E-state index is 13.0. The third-order valence-corrected chi connectivity index (χ3v) is 6.06. The van der Waals surface area contributed by atoms with E-state index in [4.69, 9.17) is 16.1 Å². The number of hydrogen-bond donors (Lipinski definition) is 1. The van der Waals surface area contributed by atoms with Gasteiger partial charge in [0.25, 0.3) is 11.3 Å². The number of benzene rings is 1. The molecule has 1 aromatic carbocycles. The second-order valence-electron chi connectivity index (χ2n) is 8.80. The van der Waals surface area contributed by atoms with Gasteiger partial charge in [0.15, 0.2) is 0 Å². The molecule has 1 amide bonds. The van der Waals surface area contributed by atoms with Crippen LogP contribution >= 0.6 is 11.6 Å². The minimum Gasteiger partial charge on any atom is -0.354 e. The van der Waals surface area contributed by atoms with Crippen LogP contribution in [-0.4, -0.2) is 51.7 Å². The van der Waals surface area contributed by atoms with Crippen LogP contribution in [0, 0.1) is 11.8 Å². The number of nitrogens with one attached hydrogen (secondary N) is 1. The number of likely N-dealkylation sites (tertiary alicyclic amines) is 1. The first-order valence-corrected chi connectivity index (χ1v) is 11.4. The summed E-state index contributed by atoms with van der Waals surface area (Å²) >= 11 is 5.94. The van der Waals surface area contributed by atoms with Gasteiger partial charge in [-0.3, -0.25) is 14.2 Å². The first-order valence-electron chi connectivity index (χ1n) is 11.0. The highest BCUT2D eigenvalue weighted by atomic mass is 35.5. The number of halogens is 1. The molecule has 3 aromatic rings. The Morgan fingerprint density at radius 3 is 2.66 bits per heavy atom. The number of hydrogen-bond acceptors (Lipinski definition) is 6. The van der Waals surface area contributed by atoms with Gasteiger partial charge in [0, 0.05) is 30.2 Å². The maximum Gasteiger partial charge on any atom is 0.267 e. The normalized spacial score (nSPS) is 19.3. The lowest BCUT2D eigenvalue weighted by Gasteiger charge is -2.34. The molecule has 9 heteroatoms. The van der Waals surface area contributed by atoms with Crippen molar-refractivity contribution in [1.29, 1.82) is 0 Å². The Balaban J connectivity index is 1.37. The third kappa shape index (κ3) is 5.19. The van der Waals surface area contributed by atoms with Crippen molar-refractivity contribution >= 4 is 28.6 Å². The van der Waals surface area contributed by atoms with Crippen molar-refractivity contribution in [2.75, 3.05) is 26.2 Å². The van der Waals surface area contributed by atoms with Gasteiger partial charge in [-0.25, -0.2) is 4.98 Å². The molecule has 170 valence electrons. The molecule has 32 heavy (non-hydrogen) atoms. The number of carbonyl (C=O) groups excluding carboxylic acids is 1. The molecule has 2 aromatic heterocycles. The molecule has 4 rings (SSSR count). The maximum absolute atomic E-state index is 13.0. The summed E-state index contributed by atoms with van der Waals surface area (Å²) in [7, 11) is 0. The van der Waals surface area contributed by atoms with Crippen LogP contribution in [0.5, 0.6) is 0 Å². The van der Waals surface area contributed by atoms with Crippen molar-refractivity contribution in [3.63, 3.8) is 0 Å². The summed E-state index contributed by atoms with van der Waals surface area (Å²) < 4.78 is 6.49. The molecule has 0 radical (unpaired) electrons. The van der Waals surface area contributed by atoms with Crippen molar-refractivity contribution < 1.29 is 9.32 Å². The van der Waals surface area contributed by atoms with Crippen molar-refractivity contribution in [3.8, 4) is 11.3 Å². The summed E-state index contributed by atoms with van der Waals surface area (Å²) in [6.45, 7) is 8.26. The summed E-state index contributed by atoms with van der Waals surface area (Å²) in [5.41, 5.74) is 0.846. The molecule has 0 bridgehead atoms. The Kier molecular flexibility index (Phi) is 6.91. The van der Waals surface area contributed by atoms with Gasteiger partial charge in [0.1, 0.15) is 24.0 Å². The van der Waals surface area contributed by atoms with Gasteiger partial charge in [-0.05, 0) is 43.4 Å². The van der Waals surface area contributed by atoms with E-state index in [0.29, 0.717) is 22.8 Å². The van der Waals surface area contributed by atoms with Crippen LogP contribution in [0.2, 0.25) is 5.02 Å². The summed E-state index contributed by atoms with van der Waals surface area (Å²) in [6, 6.07) is 6.94. The predicted molar refractivity (Wildman–Crippen MR) is 124 cm³/mol. The smallest absolute Gasteiger partial charge is 0.267 e. The average Bonchev–Trinajstić information content (AvgIpc) is 3.18. The van der Waals surface area contributed by atoms with Crippen LogP contribution in [-0.2, 0) is 11.3 Å². The van der Waals surface area contributed by atoms with Gasteiger partial charge in [-0.2, -0.15) is 0 Å². The van der Waals surface area contributed by atoms with Gasteiger partial charge in [-0.1, -0.05) is 42.7 Å². The minimum atomic E-state index is -0.368. The Labute approximate surface area is 191 Å². The zero-order valence-electron chi connectivity index (χ0n) is 18.4. The monoisotopic (exact) mass is 457 g/mol. The summed E-state index contributed by atoms with van der Waals surface area (Å²) in [6.07, 6.45) is 3.48. The van der Waals surface area contributed by atoms with Gasteiger partial charge in [-0.15, -0.1) is 0 Å². The highest BCUT2D eigenvalue weighted by Crippen LogP contribution is 2.25. The highest BCUT2D eigenvalue weighted by molar-refractivity contribution is 6.30. The zero-order valence-corrected chi connectivity index (χ0v) is 19.1. The second-order valence-corrected chi connectivity index (χ2v) is 9.24. The van der Waals surface area contributed by atoms with E-state index in [1.165, 1.54) is 17.3 Å². The van der Waals surface area contributed by atoms with Crippen LogP contribution in [0.3, 0.4) is 0 Å². The fourth-order valence-electron chi connectivity index (χ4n) is 4.51. The van der Waals surface area contributed by atoms with Gasteiger partial charge < -0.3 is 14.7 Å². The molecular formula is C23H28ClN5O3. The highest BCUT2D eigenvalue weighted by Gasteiger charge is 2.21. The number of piperidine rings is 1. The summed E-state index contributed by atoms with van der Waals surface area (Å²) in [5, 5.41) is 7.73. The third-order valence-electron chi connectivity index (χ3n) is 5.81. The topological polar surface area (TPSA) is 93.3 Å². The van der Waals surface area contributed by atoms with E-state index in [2.05, 4.69) is 34.2 Å². The van der Waals surface area contributed by atoms with Crippen molar-refractivity contribution in [2.45, 2.75) is 33.2 Å². The van der Waals surface area contributed by atoms with E-state index in [0.717, 1.165) is 37.9 Å². The number of rotatable bonds is 7. The number of nitrogens with zero attached hydrogens (tertiary/aromatic N) is 4. The fraction of sp³-hybridized carbons (Fsp3) is 0.478. The van der Waals surface area contributed by atoms with Crippen molar-refractivity contribution in [2.24, 2.45) is 11.8 Å². The first-order chi connectivity index (χ1) is 15.4. The molecule has 1 N–H and O–H groups in total.